The van der Waals surface area contributed by atoms with E-state index in [-0.39, 0.29) is 51.0 Å². The Kier molecular flexibility index (Phi) is 11.4. The summed E-state index contributed by atoms with van der Waals surface area (Å²) >= 11 is 0. The Morgan fingerprint density at radius 2 is 1.25 bits per heavy atom. The van der Waals surface area contributed by atoms with E-state index in [9.17, 15) is 0 Å². The van der Waals surface area contributed by atoms with E-state index in [1.807, 2.05) is 0 Å². The van der Waals surface area contributed by atoms with Crippen LogP contribution in [0.3, 0.4) is 0 Å². The maximum absolute atomic E-state index is 4.05. The fourth-order valence-corrected chi connectivity index (χ4v) is 13.5. The van der Waals surface area contributed by atoms with Crippen LogP contribution in [0.25, 0.3) is 17.2 Å². The zero-order valence-corrected chi connectivity index (χ0v) is 33.1. The van der Waals surface area contributed by atoms with Crippen molar-refractivity contribution in [3.8, 4) is 0 Å². The van der Waals surface area contributed by atoms with Crippen molar-refractivity contribution in [2.45, 2.75) is 59.6 Å². The summed E-state index contributed by atoms with van der Waals surface area (Å²) in [5.74, 6) is 0. The summed E-state index contributed by atoms with van der Waals surface area (Å²) in [4.78, 5) is 0. The van der Waals surface area contributed by atoms with Gasteiger partial charge in [-0.25, -0.2) is 0 Å². The molecule has 1 radical (unpaired) electrons. The van der Waals surface area contributed by atoms with Gasteiger partial charge in [0.25, 0.3) is 0 Å². The molecule has 4 aromatic rings. The molecular formula is C39H41Cl2Si2Zr. The minimum atomic E-state index is -1.79. The van der Waals surface area contributed by atoms with Crippen LogP contribution in [0.1, 0.15) is 39.8 Å². The second-order valence-corrected chi connectivity index (χ2v) is 23.8. The molecule has 0 N–H and O–H groups in total. The number of fused-ring (bicyclic) bond motifs is 2. The first-order chi connectivity index (χ1) is 19.5. The Labute approximate surface area is 297 Å². The second kappa shape index (κ2) is 13.8. The van der Waals surface area contributed by atoms with Gasteiger partial charge in [-0.3, -0.25) is 0 Å². The smallest absolute Gasteiger partial charge is 1.00 e. The average Bonchev–Trinajstić information content (AvgIpc) is 3.56. The van der Waals surface area contributed by atoms with Gasteiger partial charge in [-0.15, -0.1) is 33.4 Å². The molecule has 0 spiro atoms. The van der Waals surface area contributed by atoms with Crippen LogP contribution in [0.15, 0.2) is 91.0 Å². The summed E-state index contributed by atoms with van der Waals surface area (Å²) in [6.07, 6.45) is 11.9. The van der Waals surface area contributed by atoms with E-state index >= 15 is 0 Å². The number of aryl methyl sites for hydroxylation is 1. The molecule has 0 aliphatic heterocycles. The van der Waals surface area contributed by atoms with Crippen molar-refractivity contribution in [3.63, 3.8) is 0 Å². The van der Waals surface area contributed by atoms with Gasteiger partial charge in [-0.05, 0) is 37.0 Å². The van der Waals surface area contributed by atoms with E-state index < -0.39 is 16.1 Å². The summed E-state index contributed by atoms with van der Waals surface area (Å²) in [5.41, 5.74) is 10.7. The van der Waals surface area contributed by atoms with Gasteiger partial charge in [0.15, 0.2) is 0 Å². The summed E-state index contributed by atoms with van der Waals surface area (Å²) in [6.45, 7) is 19.9. The summed E-state index contributed by atoms with van der Waals surface area (Å²) < 4.78 is 0. The summed E-state index contributed by atoms with van der Waals surface area (Å²) in [5, 5.41) is 8.87. The number of rotatable bonds is 5. The first-order valence-electron chi connectivity index (χ1n) is 14.9. The van der Waals surface area contributed by atoms with E-state index in [2.05, 4.69) is 150 Å². The number of allylic oxidation sites excluding steroid dienone is 4. The van der Waals surface area contributed by atoms with Gasteiger partial charge >= 0.3 is 26.2 Å². The summed E-state index contributed by atoms with van der Waals surface area (Å²) in [6, 6.07) is 26.8. The minimum absolute atomic E-state index is 0. The largest absolute Gasteiger partial charge is 3.00 e. The fourth-order valence-electron chi connectivity index (χ4n) is 7.15. The van der Waals surface area contributed by atoms with Crippen LogP contribution in [-0.2, 0) is 26.2 Å². The van der Waals surface area contributed by atoms with Crippen LogP contribution in [0.2, 0.25) is 39.3 Å². The molecule has 0 heterocycles. The molecule has 0 amide bonds. The van der Waals surface area contributed by atoms with Crippen LogP contribution in [-0.4, -0.2) is 16.1 Å². The molecule has 0 unspecified atom stereocenters. The number of hydrogen-bond donors (Lipinski definition) is 0. The standard InChI is InChI=1S/C39H41Si2.2ClH.Zr/c1-26-23-31-25-33-34(28-21-15-16-22-28)27(2)38(40(3,4)5)39(41(6,7)8)37(33)36(31)32(24-26)35(29-17-11-9-12-18-29)30-19-13-10-14-20-30;;;/h9-21,23-24H,22H2,1-8H3;2*1H;/q-1;;;+3/p-2. The molecule has 0 aromatic heterocycles. The molecule has 0 nitrogen and oxygen atoms in total. The third-order valence-corrected chi connectivity index (χ3v) is 12.9. The van der Waals surface area contributed by atoms with Crippen LogP contribution in [0.4, 0.5) is 0 Å². The molecular weight excluding hydrogens is 687 g/mol. The zero-order chi connectivity index (χ0) is 29.1. The molecule has 0 bridgehead atoms. The zero-order valence-electron chi connectivity index (χ0n) is 27.1. The minimum Gasteiger partial charge on any atom is -1.00 e. The van der Waals surface area contributed by atoms with E-state index in [4.69, 9.17) is 0 Å². The molecule has 2 aliphatic carbocycles. The van der Waals surface area contributed by atoms with Crippen molar-refractivity contribution in [2.75, 3.05) is 0 Å². The SMILES string of the molecule is Cc1cc2c(c(=C(c3ccccc3)c3ccccc3)c1)=c1c([Si](C)(C)C)c([Si](C)(C)C)c(C)c(C3=CC=CC3)c1=[C-]2.[Cl-].[Cl-].[Zr+3]. The van der Waals surface area contributed by atoms with Crippen molar-refractivity contribution in [1.82, 2.24) is 0 Å². The molecule has 4 aromatic carbocycles. The van der Waals surface area contributed by atoms with E-state index in [1.54, 1.807) is 10.4 Å². The Morgan fingerprint density at radius 3 is 1.73 bits per heavy atom. The molecule has 0 fully saturated rings. The predicted molar refractivity (Wildman–Crippen MR) is 184 cm³/mol. The van der Waals surface area contributed by atoms with Crippen molar-refractivity contribution in [2.24, 2.45) is 0 Å². The molecule has 223 valence electrons. The number of hydrogen-bond acceptors (Lipinski definition) is 0. The van der Waals surface area contributed by atoms with Gasteiger partial charge in [0.05, 0.1) is 16.1 Å². The van der Waals surface area contributed by atoms with Gasteiger partial charge in [0.2, 0.25) is 0 Å². The Hall–Kier alpha value is -2.00. The quantitative estimate of drug-likeness (QED) is 0.190. The van der Waals surface area contributed by atoms with E-state index in [0.29, 0.717) is 0 Å². The van der Waals surface area contributed by atoms with Crippen molar-refractivity contribution >= 4 is 43.7 Å². The predicted octanol–water partition coefficient (Wildman–Crippen LogP) is 1.30. The van der Waals surface area contributed by atoms with Gasteiger partial charge in [0.1, 0.15) is 0 Å². The first-order valence-corrected chi connectivity index (χ1v) is 21.9. The van der Waals surface area contributed by atoms with Gasteiger partial charge < -0.3 is 24.8 Å². The van der Waals surface area contributed by atoms with Crippen molar-refractivity contribution in [1.29, 1.82) is 0 Å². The molecule has 44 heavy (non-hydrogen) atoms. The van der Waals surface area contributed by atoms with Crippen molar-refractivity contribution in [3.05, 3.63) is 145 Å². The molecule has 6 rings (SSSR count). The Bertz CT molecular complexity index is 1940. The molecule has 0 saturated carbocycles. The molecule has 0 saturated heterocycles. The van der Waals surface area contributed by atoms with Crippen LogP contribution in [0, 0.1) is 24.3 Å². The van der Waals surface area contributed by atoms with Crippen LogP contribution < -0.4 is 45.6 Å². The Morgan fingerprint density at radius 1 is 0.705 bits per heavy atom. The molecule has 0 atom stereocenters. The van der Waals surface area contributed by atoms with Gasteiger partial charge in [-0.2, -0.15) is 0 Å². The van der Waals surface area contributed by atoms with E-state index in [0.717, 1.165) is 6.42 Å². The molecule has 2 aliphatic rings. The second-order valence-electron chi connectivity index (χ2n) is 13.8. The van der Waals surface area contributed by atoms with Crippen LogP contribution >= 0.6 is 0 Å². The maximum Gasteiger partial charge on any atom is 3.00 e. The third kappa shape index (κ3) is 6.47. The normalized spacial score (nSPS) is 13.0. The first kappa shape index (κ1) is 36.5. The van der Waals surface area contributed by atoms with Gasteiger partial charge in [-0.1, -0.05) is 162 Å². The third-order valence-electron chi connectivity index (χ3n) is 8.53. The average molecular weight is 728 g/mol. The topological polar surface area (TPSA) is 0 Å². The van der Waals surface area contributed by atoms with Crippen LogP contribution in [0.5, 0.6) is 0 Å². The number of benzene rings is 4. The number of halogens is 2. The van der Waals surface area contributed by atoms with Crippen molar-refractivity contribution < 1.29 is 51.0 Å². The monoisotopic (exact) mass is 725 g/mol. The fraction of sp³-hybridized carbons (Fsp3) is 0.231. The summed E-state index contributed by atoms with van der Waals surface area (Å²) in [7, 11) is -3.50. The van der Waals surface area contributed by atoms with Gasteiger partial charge in [0, 0.05) is 0 Å². The van der Waals surface area contributed by atoms with E-state index in [1.165, 1.54) is 65.4 Å². The maximum atomic E-state index is 4.05. The molecule has 5 heteroatoms. The Balaban J connectivity index is 0.00000176.